The van der Waals surface area contributed by atoms with E-state index in [9.17, 15) is 4.79 Å². The van der Waals surface area contributed by atoms with Crippen molar-refractivity contribution in [2.75, 3.05) is 0 Å². The molecule has 2 rings (SSSR count). The summed E-state index contributed by atoms with van der Waals surface area (Å²) in [6, 6.07) is 1.83. The second-order valence-electron chi connectivity index (χ2n) is 5.70. The molecule has 0 saturated carbocycles. The van der Waals surface area contributed by atoms with Gasteiger partial charge in [-0.2, -0.15) is 0 Å². The van der Waals surface area contributed by atoms with Crippen LogP contribution in [0.1, 0.15) is 46.4 Å². The highest BCUT2D eigenvalue weighted by molar-refractivity contribution is 5.75. The van der Waals surface area contributed by atoms with E-state index in [1.807, 2.05) is 30.7 Å². The average molecular weight is 233 g/mol. The molecule has 0 aromatic carbocycles. The van der Waals surface area contributed by atoms with Crippen molar-refractivity contribution in [2.24, 2.45) is 0 Å². The number of hydrogen-bond donors (Lipinski definition) is 1. The minimum atomic E-state index is -0.0726. The van der Waals surface area contributed by atoms with Crippen LogP contribution in [-0.2, 0) is 5.54 Å². The molecule has 0 fully saturated rings. The molecule has 1 N–H and O–H groups in total. The number of nitrogens with zero attached hydrogens (tertiary/aromatic N) is 2. The molecule has 0 unspecified atom stereocenters. The first-order valence-electron chi connectivity index (χ1n) is 5.92. The summed E-state index contributed by atoms with van der Waals surface area (Å²) in [7, 11) is 0. The number of nitrogens with one attached hydrogen (secondary N) is 1. The zero-order valence-corrected chi connectivity index (χ0v) is 11.0. The Morgan fingerprint density at radius 3 is 2.53 bits per heavy atom. The molecule has 0 radical (unpaired) electrons. The van der Waals surface area contributed by atoms with Gasteiger partial charge in [0.15, 0.2) is 0 Å². The number of rotatable bonds is 1. The van der Waals surface area contributed by atoms with Crippen LogP contribution in [0.2, 0.25) is 0 Å². The largest absolute Gasteiger partial charge is 0.327 e. The standard InChI is InChI=1S/C13H19N3O/c1-8(2)10-14-11-9(12(17)15-10)6-7-16(11)13(3,4)5/h6-8H,1-5H3,(H,14,15,17). The summed E-state index contributed by atoms with van der Waals surface area (Å²) in [5.74, 6) is 0.960. The van der Waals surface area contributed by atoms with Gasteiger partial charge in [0.2, 0.25) is 0 Å². The van der Waals surface area contributed by atoms with Crippen molar-refractivity contribution in [3.63, 3.8) is 0 Å². The predicted molar refractivity (Wildman–Crippen MR) is 69.4 cm³/mol. The summed E-state index contributed by atoms with van der Waals surface area (Å²) in [6.07, 6.45) is 1.93. The van der Waals surface area contributed by atoms with Crippen molar-refractivity contribution in [2.45, 2.75) is 46.1 Å². The molecular weight excluding hydrogens is 214 g/mol. The molecule has 0 amide bonds. The molecule has 92 valence electrons. The lowest BCUT2D eigenvalue weighted by atomic mass is 10.1. The maximum Gasteiger partial charge on any atom is 0.260 e. The van der Waals surface area contributed by atoms with E-state index in [0.29, 0.717) is 5.39 Å². The van der Waals surface area contributed by atoms with E-state index < -0.39 is 0 Å². The molecule has 0 aliphatic carbocycles. The average Bonchev–Trinajstić information content (AvgIpc) is 2.60. The van der Waals surface area contributed by atoms with Crippen LogP contribution < -0.4 is 5.56 Å². The Kier molecular flexibility index (Phi) is 2.60. The van der Waals surface area contributed by atoms with Gasteiger partial charge in [-0.3, -0.25) is 4.79 Å². The fourth-order valence-electron chi connectivity index (χ4n) is 1.86. The van der Waals surface area contributed by atoms with Crippen molar-refractivity contribution in [3.05, 3.63) is 28.4 Å². The number of H-pyrrole nitrogens is 1. The number of fused-ring (bicyclic) bond motifs is 1. The fourth-order valence-corrected chi connectivity index (χ4v) is 1.86. The molecule has 4 heteroatoms. The number of hydrogen-bond acceptors (Lipinski definition) is 2. The predicted octanol–water partition coefficient (Wildman–Crippen LogP) is 2.60. The molecule has 0 bridgehead atoms. The van der Waals surface area contributed by atoms with Crippen molar-refractivity contribution >= 4 is 11.0 Å². The monoisotopic (exact) mass is 233 g/mol. The Bertz CT molecular complexity index is 599. The van der Waals surface area contributed by atoms with Gasteiger partial charge < -0.3 is 9.55 Å². The first-order chi connectivity index (χ1) is 7.80. The van der Waals surface area contributed by atoms with E-state index in [-0.39, 0.29) is 17.0 Å². The van der Waals surface area contributed by atoms with Crippen molar-refractivity contribution < 1.29 is 0 Å². The van der Waals surface area contributed by atoms with E-state index in [1.165, 1.54) is 0 Å². The fraction of sp³-hybridized carbons (Fsp3) is 0.538. The smallest absolute Gasteiger partial charge is 0.260 e. The summed E-state index contributed by atoms with van der Waals surface area (Å²) >= 11 is 0. The lowest BCUT2D eigenvalue weighted by Crippen LogP contribution is -2.22. The Balaban J connectivity index is 2.79. The van der Waals surface area contributed by atoms with Gasteiger partial charge in [0, 0.05) is 17.7 Å². The summed E-state index contributed by atoms with van der Waals surface area (Å²) in [5, 5.41) is 0.657. The Hall–Kier alpha value is -1.58. The van der Waals surface area contributed by atoms with E-state index in [0.717, 1.165) is 11.5 Å². The Labute approximate surface area is 101 Å². The molecular formula is C13H19N3O. The molecule has 17 heavy (non-hydrogen) atoms. The van der Waals surface area contributed by atoms with Gasteiger partial charge in [-0.25, -0.2) is 4.98 Å². The maximum atomic E-state index is 11.9. The van der Waals surface area contributed by atoms with Crippen LogP contribution in [0.15, 0.2) is 17.1 Å². The summed E-state index contributed by atoms with van der Waals surface area (Å²) in [6.45, 7) is 10.3. The second kappa shape index (κ2) is 3.72. The lowest BCUT2D eigenvalue weighted by molar-refractivity contribution is 0.408. The van der Waals surface area contributed by atoms with E-state index in [2.05, 4.69) is 30.7 Å². The van der Waals surface area contributed by atoms with Crippen LogP contribution >= 0.6 is 0 Å². The molecule has 0 aliphatic rings. The second-order valence-corrected chi connectivity index (χ2v) is 5.70. The zero-order valence-electron chi connectivity index (χ0n) is 11.0. The van der Waals surface area contributed by atoms with Gasteiger partial charge in [-0.15, -0.1) is 0 Å². The van der Waals surface area contributed by atoms with Crippen LogP contribution in [0, 0.1) is 0 Å². The van der Waals surface area contributed by atoms with Crippen LogP contribution in [0.25, 0.3) is 11.0 Å². The normalized spacial score (nSPS) is 12.6. The quantitative estimate of drug-likeness (QED) is 0.823. The molecule has 0 aliphatic heterocycles. The third-order valence-corrected chi connectivity index (χ3v) is 2.84. The first kappa shape index (κ1) is 11.9. The van der Waals surface area contributed by atoms with Crippen LogP contribution in [0.5, 0.6) is 0 Å². The first-order valence-corrected chi connectivity index (χ1v) is 5.92. The minimum absolute atomic E-state index is 0.0540. The van der Waals surface area contributed by atoms with Gasteiger partial charge in [-0.1, -0.05) is 13.8 Å². The topological polar surface area (TPSA) is 50.7 Å². The SMILES string of the molecule is CC(C)c1nc2c(ccn2C(C)(C)C)c(=O)[nH]1. The summed E-state index contributed by atoms with van der Waals surface area (Å²) < 4.78 is 2.05. The Morgan fingerprint density at radius 2 is 2.00 bits per heavy atom. The van der Waals surface area contributed by atoms with Crippen molar-refractivity contribution in [1.29, 1.82) is 0 Å². The van der Waals surface area contributed by atoms with E-state index in [4.69, 9.17) is 0 Å². The van der Waals surface area contributed by atoms with Gasteiger partial charge in [-0.05, 0) is 26.8 Å². The van der Waals surface area contributed by atoms with Crippen LogP contribution in [-0.4, -0.2) is 14.5 Å². The lowest BCUT2D eigenvalue weighted by Gasteiger charge is -2.22. The van der Waals surface area contributed by atoms with E-state index >= 15 is 0 Å². The molecule has 0 saturated heterocycles. The minimum Gasteiger partial charge on any atom is -0.327 e. The van der Waals surface area contributed by atoms with Crippen molar-refractivity contribution in [1.82, 2.24) is 14.5 Å². The van der Waals surface area contributed by atoms with Gasteiger partial charge in [0.05, 0.1) is 5.39 Å². The molecule has 2 heterocycles. The molecule has 0 atom stereocenters. The highest BCUT2D eigenvalue weighted by atomic mass is 16.1. The highest BCUT2D eigenvalue weighted by Gasteiger charge is 2.18. The number of aromatic nitrogens is 3. The van der Waals surface area contributed by atoms with Crippen molar-refractivity contribution in [3.8, 4) is 0 Å². The maximum absolute atomic E-state index is 11.9. The summed E-state index contributed by atoms with van der Waals surface area (Å²) in [5.41, 5.74) is 0.642. The van der Waals surface area contributed by atoms with Gasteiger partial charge in [0.25, 0.3) is 5.56 Å². The van der Waals surface area contributed by atoms with Crippen LogP contribution in [0.3, 0.4) is 0 Å². The third kappa shape index (κ3) is 1.99. The highest BCUT2D eigenvalue weighted by Crippen LogP contribution is 2.21. The van der Waals surface area contributed by atoms with E-state index in [1.54, 1.807) is 0 Å². The van der Waals surface area contributed by atoms with Gasteiger partial charge in [0.1, 0.15) is 11.5 Å². The number of aromatic amines is 1. The summed E-state index contributed by atoms with van der Waals surface area (Å²) in [4.78, 5) is 19.3. The van der Waals surface area contributed by atoms with Gasteiger partial charge >= 0.3 is 0 Å². The zero-order chi connectivity index (χ0) is 12.8. The molecule has 2 aromatic heterocycles. The molecule has 2 aromatic rings. The van der Waals surface area contributed by atoms with Crippen LogP contribution in [0.4, 0.5) is 0 Å². The third-order valence-electron chi connectivity index (χ3n) is 2.84. The molecule has 0 spiro atoms. The Morgan fingerprint density at radius 1 is 1.35 bits per heavy atom. The molecule has 4 nitrogen and oxygen atoms in total.